The number of morpholine rings is 1. The van der Waals surface area contributed by atoms with Crippen LogP contribution in [0, 0.1) is 6.92 Å². The van der Waals surface area contributed by atoms with Crippen LogP contribution in [0.2, 0.25) is 0 Å². The monoisotopic (exact) mass is 361 g/mol. The lowest BCUT2D eigenvalue weighted by atomic mass is 9.91. The van der Waals surface area contributed by atoms with E-state index in [1.807, 2.05) is 12.1 Å². The number of likely N-dealkylation sites (tertiary alicyclic amines) is 1. The van der Waals surface area contributed by atoms with Crippen molar-refractivity contribution in [3.05, 3.63) is 35.4 Å². The maximum atomic E-state index is 12.8. The van der Waals surface area contributed by atoms with Gasteiger partial charge in [0.2, 0.25) is 0 Å². The summed E-state index contributed by atoms with van der Waals surface area (Å²) in [5.74, 6) is -0.149. The van der Waals surface area contributed by atoms with Gasteiger partial charge in [0.05, 0.1) is 13.2 Å². The van der Waals surface area contributed by atoms with Gasteiger partial charge in [0.25, 0.3) is 5.91 Å². The summed E-state index contributed by atoms with van der Waals surface area (Å²) in [6.07, 6.45) is 1.36. The number of hydrogen-bond donors (Lipinski definition) is 2. The number of piperidine rings is 1. The Morgan fingerprint density at radius 3 is 2.85 bits per heavy atom. The number of aliphatic hydroxyl groups is 1. The molecule has 2 fully saturated rings. The fourth-order valence-electron chi connectivity index (χ4n) is 3.77. The van der Waals surface area contributed by atoms with E-state index in [1.54, 1.807) is 4.90 Å². The standard InChI is InChI=1S/C20H31N3O3/c1-17-4-2-5-18(14-17)15-23-8-3-6-20(25,19(23)24)16-21-7-9-22-10-12-26-13-11-22/h2,4-5,14,21,25H,3,6-13,15-16H2,1H3/t20-/m1/s1. The molecular formula is C20H31N3O3. The maximum Gasteiger partial charge on any atom is 0.256 e. The van der Waals surface area contributed by atoms with Gasteiger partial charge >= 0.3 is 0 Å². The number of aryl methyl sites for hydroxylation is 1. The minimum Gasteiger partial charge on any atom is -0.379 e. The quantitative estimate of drug-likeness (QED) is 0.703. The van der Waals surface area contributed by atoms with Gasteiger partial charge in [0.1, 0.15) is 0 Å². The Balaban J connectivity index is 1.48. The first-order valence-electron chi connectivity index (χ1n) is 9.65. The Labute approximate surface area is 156 Å². The highest BCUT2D eigenvalue weighted by Gasteiger charge is 2.41. The van der Waals surface area contributed by atoms with E-state index in [1.165, 1.54) is 5.56 Å². The molecule has 0 spiro atoms. The van der Waals surface area contributed by atoms with Crippen molar-refractivity contribution in [3.63, 3.8) is 0 Å². The normalized spacial score (nSPS) is 24.8. The number of nitrogens with zero attached hydrogens (tertiary/aromatic N) is 2. The van der Waals surface area contributed by atoms with Gasteiger partial charge in [-0.3, -0.25) is 9.69 Å². The van der Waals surface area contributed by atoms with Gasteiger partial charge in [-0.25, -0.2) is 0 Å². The molecule has 1 amide bonds. The predicted octanol–water partition coefficient (Wildman–Crippen LogP) is 0.770. The summed E-state index contributed by atoms with van der Waals surface area (Å²) in [5, 5.41) is 14.2. The summed E-state index contributed by atoms with van der Waals surface area (Å²) in [6.45, 7) is 8.82. The van der Waals surface area contributed by atoms with Crippen molar-refractivity contribution in [2.75, 3.05) is 52.5 Å². The molecule has 2 N–H and O–H groups in total. The third kappa shape index (κ3) is 5.04. The van der Waals surface area contributed by atoms with Gasteiger partial charge in [0, 0.05) is 45.8 Å². The summed E-state index contributed by atoms with van der Waals surface area (Å²) in [6, 6.07) is 8.20. The van der Waals surface area contributed by atoms with Gasteiger partial charge in [-0.05, 0) is 25.3 Å². The van der Waals surface area contributed by atoms with Crippen LogP contribution in [-0.2, 0) is 16.1 Å². The number of nitrogens with one attached hydrogen (secondary N) is 1. The Hall–Kier alpha value is -1.47. The zero-order chi connectivity index (χ0) is 18.4. The Morgan fingerprint density at radius 2 is 2.08 bits per heavy atom. The molecule has 1 atom stereocenters. The summed E-state index contributed by atoms with van der Waals surface area (Å²) >= 11 is 0. The molecule has 0 aliphatic carbocycles. The molecule has 2 saturated heterocycles. The molecule has 0 saturated carbocycles. The smallest absolute Gasteiger partial charge is 0.256 e. The van der Waals surface area contributed by atoms with Crippen LogP contribution in [0.25, 0.3) is 0 Å². The van der Waals surface area contributed by atoms with E-state index in [0.29, 0.717) is 26.1 Å². The van der Waals surface area contributed by atoms with Crippen molar-refractivity contribution in [2.45, 2.75) is 31.9 Å². The highest BCUT2D eigenvalue weighted by Crippen LogP contribution is 2.24. The lowest BCUT2D eigenvalue weighted by Crippen LogP contribution is -2.58. The Morgan fingerprint density at radius 1 is 1.27 bits per heavy atom. The van der Waals surface area contributed by atoms with E-state index in [0.717, 1.165) is 51.4 Å². The molecule has 0 unspecified atom stereocenters. The predicted molar refractivity (Wildman–Crippen MR) is 101 cm³/mol. The first-order chi connectivity index (χ1) is 12.6. The molecule has 1 aromatic carbocycles. The minimum atomic E-state index is -1.28. The number of ether oxygens (including phenoxy) is 1. The van der Waals surface area contributed by atoms with Crippen molar-refractivity contribution in [1.29, 1.82) is 0 Å². The van der Waals surface area contributed by atoms with Crippen molar-refractivity contribution in [1.82, 2.24) is 15.1 Å². The summed E-state index contributed by atoms with van der Waals surface area (Å²) < 4.78 is 5.35. The van der Waals surface area contributed by atoms with E-state index < -0.39 is 5.60 Å². The van der Waals surface area contributed by atoms with E-state index >= 15 is 0 Å². The molecule has 2 aliphatic heterocycles. The van der Waals surface area contributed by atoms with Gasteiger partial charge in [-0.1, -0.05) is 29.8 Å². The van der Waals surface area contributed by atoms with Crippen LogP contribution in [0.3, 0.4) is 0 Å². The number of carbonyl (C=O) groups is 1. The van der Waals surface area contributed by atoms with E-state index in [2.05, 4.69) is 29.3 Å². The molecule has 0 aromatic heterocycles. The molecule has 0 radical (unpaired) electrons. The molecule has 2 aliphatic rings. The highest BCUT2D eigenvalue weighted by molar-refractivity contribution is 5.86. The van der Waals surface area contributed by atoms with Crippen LogP contribution >= 0.6 is 0 Å². The lowest BCUT2D eigenvalue weighted by molar-refractivity contribution is -0.157. The summed E-state index contributed by atoms with van der Waals surface area (Å²) in [5.41, 5.74) is 1.02. The SMILES string of the molecule is Cc1cccc(CN2CCC[C@@](O)(CNCCN3CCOCC3)C2=O)c1. The first-order valence-corrected chi connectivity index (χ1v) is 9.65. The molecule has 26 heavy (non-hydrogen) atoms. The fourth-order valence-corrected chi connectivity index (χ4v) is 3.77. The van der Waals surface area contributed by atoms with Crippen LogP contribution in [-0.4, -0.2) is 78.9 Å². The van der Waals surface area contributed by atoms with Gasteiger partial charge in [-0.2, -0.15) is 0 Å². The van der Waals surface area contributed by atoms with Crippen LogP contribution in [0.4, 0.5) is 0 Å². The fraction of sp³-hybridized carbons (Fsp3) is 0.650. The number of rotatable bonds is 7. The number of hydrogen-bond acceptors (Lipinski definition) is 5. The number of carbonyl (C=O) groups excluding carboxylic acids is 1. The van der Waals surface area contributed by atoms with Crippen molar-refractivity contribution >= 4 is 5.91 Å². The van der Waals surface area contributed by atoms with Crippen molar-refractivity contribution in [2.24, 2.45) is 0 Å². The van der Waals surface area contributed by atoms with Crippen molar-refractivity contribution < 1.29 is 14.6 Å². The Bertz CT molecular complexity index is 604. The average molecular weight is 361 g/mol. The van der Waals surface area contributed by atoms with Crippen LogP contribution < -0.4 is 5.32 Å². The van der Waals surface area contributed by atoms with E-state index in [9.17, 15) is 9.90 Å². The third-order valence-corrected chi connectivity index (χ3v) is 5.29. The lowest BCUT2D eigenvalue weighted by Gasteiger charge is -2.38. The summed E-state index contributed by atoms with van der Waals surface area (Å²) in [7, 11) is 0. The molecule has 1 aromatic rings. The molecule has 144 valence electrons. The van der Waals surface area contributed by atoms with Crippen LogP contribution in [0.15, 0.2) is 24.3 Å². The first kappa shape index (κ1) is 19.3. The maximum absolute atomic E-state index is 12.8. The molecular weight excluding hydrogens is 330 g/mol. The zero-order valence-corrected chi connectivity index (χ0v) is 15.7. The van der Waals surface area contributed by atoms with E-state index in [-0.39, 0.29) is 5.91 Å². The summed E-state index contributed by atoms with van der Waals surface area (Å²) in [4.78, 5) is 17.0. The van der Waals surface area contributed by atoms with Gasteiger partial charge in [-0.15, -0.1) is 0 Å². The van der Waals surface area contributed by atoms with Crippen LogP contribution in [0.5, 0.6) is 0 Å². The topological polar surface area (TPSA) is 65.0 Å². The van der Waals surface area contributed by atoms with Gasteiger partial charge in [0.15, 0.2) is 5.60 Å². The minimum absolute atomic E-state index is 0.149. The van der Waals surface area contributed by atoms with Crippen LogP contribution in [0.1, 0.15) is 24.0 Å². The average Bonchev–Trinajstić information content (AvgIpc) is 2.64. The van der Waals surface area contributed by atoms with Crippen molar-refractivity contribution in [3.8, 4) is 0 Å². The molecule has 3 rings (SSSR count). The van der Waals surface area contributed by atoms with Gasteiger partial charge < -0.3 is 20.1 Å². The number of amides is 1. The zero-order valence-electron chi connectivity index (χ0n) is 15.7. The number of benzene rings is 1. The molecule has 6 nitrogen and oxygen atoms in total. The second kappa shape index (κ2) is 8.95. The largest absolute Gasteiger partial charge is 0.379 e. The second-order valence-electron chi connectivity index (χ2n) is 7.48. The molecule has 2 heterocycles. The third-order valence-electron chi connectivity index (χ3n) is 5.29. The molecule has 0 bridgehead atoms. The highest BCUT2D eigenvalue weighted by atomic mass is 16.5. The second-order valence-corrected chi connectivity index (χ2v) is 7.48. The molecule has 6 heteroatoms. The Kier molecular flexibility index (Phi) is 6.64. The van der Waals surface area contributed by atoms with E-state index in [4.69, 9.17) is 4.74 Å².